The fourth-order valence-corrected chi connectivity index (χ4v) is 0.347. The van der Waals surface area contributed by atoms with Crippen LogP contribution in [0.15, 0.2) is 0 Å². The molecule has 0 nitrogen and oxygen atoms in total. The molecule has 0 amide bonds. The van der Waals surface area contributed by atoms with Crippen molar-refractivity contribution in [3.05, 3.63) is 0 Å². The molecule has 56 valence electrons. The predicted octanol–water partition coefficient (Wildman–Crippen LogP) is 2.77. The third-order valence-corrected chi connectivity index (χ3v) is 2.01. The minimum absolute atomic E-state index is 0.0922. The molecule has 0 aliphatic heterocycles. The summed E-state index contributed by atoms with van der Waals surface area (Å²) in [6.45, 7) is 0. The van der Waals surface area contributed by atoms with Crippen molar-refractivity contribution >= 4 is 23.4 Å². The highest BCUT2D eigenvalue weighted by molar-refractivity contribution is 8.01. The molecule has 0 aromatic carbocycles. The molecule has 6 heteroatoms. The maximum Gasteiger partial charge on any atom is 0.447 e. The van der Waals surface area contributed by atoms with E-state index in [2.05, 4.69) is 11.6 Å². The molecule has 0 radical (unpaired) electrons. The van der Waals surface area contributed by atoms with Crippen LogP contribution in [0.2, 0.25) is 0 Å². The van der Waals surface area contributed by atoms with Gasteiger partial charge < -0.3 is 0 Å². The van der Waals surface area contributed by atoms with Crippen LogP contribution in [0.1, 0.15) is 0 Å². The highest BCUT2D eigenvalue weighted by atomic mass is 35.5. The number of rotatable bonds is 1. The Bertz CT molecular complexity index is 98.5. The lowest BCUT2D eigenvalue weighted by molar-refractivity contribution is -0.168. The third-order valence-electron chi connectivity index (χ3n) is 0.586. The van der Waals surface area contributed by atoms with E-state index in [0.717, 1.165) is 6.26 Å². The molecular weight excluding hydrogens is 180 g/mol. The molecule has 0 fully saturated rings. The van der Waals surface area contributed by atoms with Gasteiger partial charge in [0.05, 0.1) is 0 Å². The summed E-state index contributed by atoms with van der Waals surface area (Å²) in [7, 11) is 0. The molecule has 1 unspecified atom stereocenters. The van der Waals surface area contributed by atoms with Crippen LogP contribution < -0.4 is 0 Å². The van der Waals surface area contributed by atoms with E-state index in [1.54, 1.807) is 0 Å². The topological polar surface area (TPSA) is 0 Å². The Morgan fingerprint density at radius 1 is 1.22 bits per heavy atom. The lowest BCUT2D eigenvalue weighted by atomic mass is 10.7. The van der Waals surface area contributed by atoms with Crippen LogP contribution >= 0.6 is 23.4 Å². The fourth-order valence-electron chi connectivity index (χ4n) is 0.116. The van der Waals surface area contributed by atoms with Crippen LogP contribution in [0, 0.1) is 0 Å². The second-order valence-electron chi connectivity index (χ2n) is 1.22. The summed E-state index contributed by atoms with van der Waals surface area (Å²) in [5.74, 6) is 0. The molecule has 0 aromatic heterocycles. The molecule has 0 aromatic rings. The van der Waals surface area contributed by atoms with Gasteiger partial charge in [-0.15, -0.1) is 0 Å². The molecule has 0 aliphatic carbocycles. The van der Waals surface area contributed by atoms with Crippen molar-refractivity contribution in [2.75, 3.05) is 6.26 Å². The maximum atomic E-state index is 11.9. The minimum Gasteiger partial charge on any atom is -0.204 e. The van der Waals surface area contributed by atoms with Gasteiger partial charge in [0.15, 0.2) is 0 Å². The first kappa shape index (κ1) is 9.36. The molecule has 0 bridgehead atoms. The Morgan fingerprint density at radius 2 is 1.56 bits per heavy atom. The second kappa shape index (κ2) is 2.54. The number of halogens is 5. The number of alkyl halides is 5. The quantitative estimate of drug-likeness (QED) is 0.444. The van der Waals surface area contributed by atoms with E-state index < -0.39 is 10.6 Å². The number of hydrogen-bond donors (Lipinski definition) is 0. The van der Waals surface area contributed by atoms with Crippen LogP contribution in [0.25, 0.3) is 0 Å². The van der Waals surface area contributed by atoms with Crippen molar-refractivity contribution in [1.82, 2.24) is 0 Å². The summed E-state index contributed by atoms with van der Waals surface area (Å²) in [5, 5.41) is 0. The van der Waals surface area contributed by atoms with Gasteiger partial charge in [0, 0.05) is 0 Å². The van der Waals surface area contributed by atoms with E-state index in [1.165, 1.54) is 0 Å². The summed E-state index contributed by atoms with van der Waals surface area (Å²) in [6.07, 6.45) is -4.05. The van der Waals surface area contributed by atoms with E-state index >= 15 is 0 Å². The smallest absolute Gasteiger partial charge is 0.204 e. The van der Waals surface area contributed by atoms with E-state index in [9.17, 15) is 17.6 Å². The van der Waals surface area contributed by atoms with Gasteiger partial charge in [-0.05, 0) is 6.26 Å². The van der Waals surface area contributed by atoms with Gasteiger partial charge in [0.2, 0.25) is 0 Å². The third kappa shape index (κ3) is 2.21. The van der Waals surface area contributed by atoms with E-state index in [1.807, 2.05) is 0 Å². The Balaban J connectivity index is 4.14. The Hall–Kier alpha value is 0.360. The first-order valence-corrected chi connectivity index (χ1v) is 3.41. The summed E-state index contributed by atoms with van der Waals surface area (Å²) in [4.78, 5) is 0. The van der Waals surface area contributed by atoms with Gasteiger partial charge >= 0.3 is 10.6 Å². The Labute approximate surface area is 58.6 Å². The van der Waals surface area contributed by atoms with Crippen LogP contribution in [0.4, 0.5) is 17.6 Å². The van der Waals surface area contributed by atoms with Gasteiger partial charge in [-0.2, -0.15) is 13.2 Å². The van der Waals surface area contributed by atoms with Crippen molar-refractivity contribution in [3.63, 3.8) is 0 Å². The normalized spacial score (nSPS) is 19.3. The first-order valence-electron chi connectivity index (χ1n) is 1.81. The molecule has 0 heterocycles. The molecule has 0 spiro atoms. The average molecular weight is 183 g/mol. The van der Waals surface area contributed by atoms with Crippen LogP contribution in [-0.2, 0) is 0 Å². The molecule has 0 N–H and O–H groups in total. The molecule has 0 aliphatic rings. The highest BCUT2D eigenvalue weighted by Crippen LogP contribution is 2.44. The Morgan fingerprint density at radius 3 is 1.56 bits per heavy atom. The second-order valence-corrected chi connectivity index (χ2v) is 2.93. The molecule has 9 heavy (non-hydrogen) atoms. The van der Waals surface area contributed by atoms with E-state index in [4.69, 9.17) is 0 Å². The lowest BCUT2D eigenvalue weighted by Crippen LogP contribution is -2.31. The van der Waals surface area contributed by atoms with Crippen LogP contribution in [-0.4, -0.2) is 16.9 Å². The summed E-state index contributed by atoms with van der Waals surface area (Å²) in [6, 6.07) is 0. The van der Waals surface area contributed by atoms with Crippen molar-refractivity contribution in [2.24, 2.45) is 0 Å². The molecule has 1 atom stereocenters. The maximum absolute atomic E-state index is 11.9. The van der Waals surface area contributed by atoms with Crippen molar-refractivity contribution < 1.29 is 17.6 Å². The molecule has 0 rings (SSSR count). The van der Waals surface area contributed by atoms with Crippen LogP contribution in [0.3, 0.4) is 0 Å². The highest BCUT2D eigenvalue weighted by Gasteiger charge is 2.54. The summed E-state index contributed by atoms with van der Waals surface area (Å²) in [5.41, 5.74) is 0. The van der Waals surface area contributed by atoms with E-state index in [0.29, 0.717) is 0 Å². The molecular formula is C3H3ClF4S. The minimum atomic E-state index is -4.99. The number of hydrogen-bond acceptors (Lipinski definition) is 1. The van der Waals surface area contributed by atoms with Gasteiger partial charge in [-0.1, -0.05) is 23.4 Å². The predicted molar refractivity (Wildman–Crippen MR) is 29.3 cm³/mol. The van der Waals surface area contributed by atoms with Crippen molar-refractivity contribution in [3.8, 4) is 0 Å². The van der Waals surface area contributed by atoms with Gasteiger partial charge in [0.25, 0.3) is 0 Å². The molecule has 0 saturated heterocycles. The average Bonchev–Trinajstić information content (AvgIpc) is 1.64. The first-order chi connectivity index (χ1) is 3.81. The van der Waals surface area contributed by atoms with Gasteiger partial charge in [0.1, 0.15) is 0 Å². The van der Waals surface area contributed by atoms with E-state index in [-0.39, 0.29) is 11.8 Å². The van der Waals surface area contributed by atoms with Gasteiger partial charge in [-0.25, -0.2) is 4.39 Å². The lowest BCUT2D eigenvalue weighted by Gasteiger charge is -2.17. The Kier molecular flexibility index (Phi) is 2.64. The fraction of sp³-hybridized carbons (Fsp3) is 1.00. The SMILES string of the molecule is CSC(F)(Cl)C(F)(F)F. The van der Waals surface area contributed by atoms with Crippen molar-refractivity contribution in [2.45, 2.75) is 10.6 Å². The summed E-state index contributed by atoms with van der Waals surface area (Å²) >= 11 is 4.28. The monoisotopic (exact) mass is 182 g/mol. The zero-order valence-corrected chi connectivity index (χ0v) is 5.87. The van der Waals surface area contributed by atoms with Crippen molar-refractivity contribution in [1.29, 1.82) is 0 Å². The summed E-state index contributed by atoms with van der Waals surface area (Å²) < 4.78 is 42.2. The largest absolute Gasteiger partial charge is 0.447 e. The zero-order valence-electron chi connectivity index (χ0n) is 4.30. The standard InChI is InChI=1S/C3H3ClF4S/c1-9-2(4,5)3(6,7)8/h1H3. The number of thioether (sulfide) groups is 1. The van der Waals surface area contributed by atoms with Gasteiger partial charge in [-0.3, -0.25) is 0 Å². The zero-order chi connectivity index (χ0) is 7.71. The van der Waals surface area contributed by atoms with Crippen LogP contribution in [0.5, 0.6) is 0 Å². The molecule has 0 saturated carbocycles.